The standard InChI is InChI=1S/C27H33F2NO4/c1-27(2,15-19-11-20-8-4-5-9-21(20)12-19)30-16-22(31)17-34-24-14-18(13-23(28)26(24)29)7-3-6-10-25(32)33/h3-5,7-9,13-14,19,22,30-31H,6,10-12,15-17H2,1-2H3,(H,32,33). The number of nitrogens with one attached hydrogen (secondary N) is 1. The fourth-order valence-electron chi connectivity index (χ4n) is 4.44. The number of hydrogen-bond donors (Lipinski definition) is 3. The van der Waals surface area contributed by atoms with Crippen molar-refractivity contribution in [3.8, 4) is 5.75 Å². The molecule has 0 saturated carbocycles. The van der Waals surface area contributed by atoms with Crippen molar-refractivity contribution in [1.29, 1.82) is 0 Å². The van der Waals surface area contributed by atoms with Crippen LogP contribution in [0.15, 0.2) is 42.5 Å². The molecule has 0 heterocycles. The average Bonchev–Trinajstić information content (AvgIpc) is 3.18. The third-order valence-corrected chi connectivity index (χ3v) is 6.03. The second-order valence-corrected chi connectivity index (χ2v) is 9.63. The fourth-order valence-corrected chi connectivity index (χ4v) is 4.44. The molecular weight excluding hydrogens is 440 g/mol. The van der Waals surface area contributed by atoms with Crippen LogP contribution in [0.5, 0.6) is 5.75 Å². The molecule has 2 aromatic rings. The molecule has 0 aromatic heterocycles. The van der Waals surface area contributed by atoms with E-state index in [0.717, 1.165) is 25.3 Å². The van der Waals surface area contributed by atoms with Gasteiger partial charge in [-0.2, -0.15) is 4.39 Å². The van der Waals surface area contributed by atoms with E-state index in [9.17, 15) is 18.7 Å². The number of benzene rings is 2. The molecule has 7 heteroatoms. The first-order valence-corrected chi connectivity index (χ1v) is 11.6. The summed E-state index contributed by atoms with van der Waals surface area (Å²) in [6.07, 6.45) is 5.47. The van der Waals surface area contributed by atoms with Crippen LogP contribution in [0, 0.1) is 17.6 Å². The Kier molecular flexibility index (Phi) is 8.80. The Labute approximate surface area is 199 Å². The Morgan fingerprint density at radius 1 is 1.24 bits per heavy atom. The predicted octanol–water partition coefficient (Wildman–Crippen LogP) is 4.76. The van der Waals surface area contributed by atoms with Crippen molar-refractivity contribution >= 4 is 12.0 Å². The minimum absolute atomic E-state index is 0.0489. The SMILES string of the molecule is CC(C)(CC1Cc2ccccc2C1)NCC(O)COc1cc(C=CCCC(=O)O)cc(F)c1F. The van der Waals surface area contributed by atoms with Crippen LogP contribution < -0.4 is 10.1 Å². The van der Waals surface area contributed by atoms with Crippen molar-refractivity contribution in [2.45, 2.75) is 57.6 Å². The van der Waals surface area contributed by atoms with Crippen molar-refractivity contribution in [3.05, 3.63) is 70.8 Å². The zero-order valence-electron chi connectivity index (χ0n) is 19.7. The smallest absolute Gasteiger partial charge is 0.303 e. The van der Waals surface area contributed by atoms with E-state index >= 15 is 0 Å². The molecule has 0 bridgehead atoms. The molecule has 184 valence electrons. The molecule has 1 unspecified atom stereocenters. The number of carbonyl (C=O) groups is 1. The molecule has 0 amide bonds. The van der Waals surface area contributed by atoms with Gasteiger partial charge in [0.05, 0.1) is 0 Å². The van der Waals surface area contributed by atoms with Gasteiger partial charge < -0.3 is 20.3 Å². The molecular formula is C27H33F2NO4. The number of aliphatic hydroxyl groups excluding tert-OH is 1. The van der Waals surface area contributed by atoms with Crippen molar-refractivity contribution in [1.82, 2.24) is 5.32 Å². The third-order valence-electron chi connectivity index (χ3n) is 6.03. The number of aliphatic carboxylic acids is 1. The van der Waals surface area contributed by atoms with Crippen LogP contribution >= 0.6 is 0 Å². The molecule has 0 radical (unpaired) electrons. The number of carboxylic acids is 1. The Morgan fingerprint density at radius 2 is 1.91 bits per heavy atom. The molecule has 3 N–H and O–H groups in total. The molecule has 34 heavy (non-hydrogen) atoms. The number of fused-ring (bicyclic) bond motifs is 1. The second-order valence-electron chi connectivity index (χ2n) is 9.63. The van der Waals surface area contributed by atoms with Gasteiger partial charge in [-0.3, -0.25) is 4.79 Å². The first-order chi connectivity index (χ1) is 16.1. The van der Waals surface area contributed by atoms with Crippen LogP contribution in [-0.2, 0) is 17.6 Å². The fraction of sp³-hybridized carbons (Fsp3) is 0.444. The minimum Gasteiger partial charge on any atom is -0.488 e. The van der Waals surface area contributed by atoms with Gasteiger partial charge in [-0.25, -0.2) is 4.39 Å². The highest BCUT2D eigenvalue weighted by molar-refractivity contribution is 5.67. The maximum atomic E-state index is 14.1. The monoisotopic (exact) mass is 473 g/mol. The number of aliphatic hydroxyl groups is 1. The van der Waals surface area contributed by atoms with E-state index in [1.54, 1.807) is 6.08 Å². The number of rotatable bonds is 12. The maximum absolute atomic E-state index is 14.1. The van der Waals surface area contributed by atoms with Gasteiger partial charge in [-0.1, -0.05) is 36.4 Å². The summed E-state index contributed by atoms with van der Waals surface area (Å²) < 4.78 is 33.5. The second kappa shape index (κ2) is 11.6. The van der Waals surface area contributed by atoms with E-state index in [0.29, 0.717) is 11.5 Å². The van der Waals surface area contributed by atoms with Crippen LogP contribution in [0.2, 0.25) is 0 Å². The van der Waals surface area contributed by atoms with E-state index in [4.69, 9.17) is 9.84 Å². The van der Waals surface area contributed by atoms with Crippen molar-refractivity contribution in [3.63, 3.8) is 0 Å². The lowest BCUT2D eigenvalue weighted by atomic mass is 9.88. The molecule has 0 aliphatic heterocycles. The zero-order chi connectivity index (χ0) is 24.7. The van der Waals surface area contributed by atoms with Gasteiger partial charge in [0.25, 0.3) is 0 Å². The van der Waals surface area contributed by atoms with Crippen LogP contribution in [0.25, 0.3) is 6.08 Å². The van der Waals surface area contributed by atoms with Crippen molar-refractivity contribution in [2.75, 3.05) is 13.2 Å². The number of allylic oxidation sites excluding steroid dienone is 1. The summed E-state index contributed by atoms with van der Waals surface area (Å²) in [7, 11) is 0. The minimum atomic E-state index is -1.12. The van der Waals surface area contributed by atoms with Crippen LogP contribution in [0.4, 0.5) is 8.78 Å². The van der Waals surface area contributed by atoms with Crippen molar-refractivity contribution in [2.24, 2.45) is 5.92 Å². The van der Waals surface area contributed by atoms with E-state index in [1.165, 1.54) is 23.3 Å². The highest BCUT2D eigenvalue weighted by Crippen LogP contribution is 2.32. The molecule has 1 aliphatic carbocycles. The molecule has 0 fully saturated rings. The molecule has 3 rings (SSSR count). The van der Waals surface area contributed by atoms with Gasteiger partial charge >= 0.3 is 5.97 Å². The summed E-state index contributed by atoms with van der Waals surface area (Å²) in [6.45, 7) is 4.25. The van der Waals surface area contributed by atoms with Crippen LogP contribution in [0.3, 0.4) is 0 Å². The highest BCUT2D eigenvalue weighted by atomic mass is 19.2. The molecule has 1 atom stereocenters. The molecule has 0 spiro atoms. The van der Waals surface area contributed by atoms with Crippen molar-refractivity contribution < 1.29 is 28.5 Å². The molecule has 2 aromatic carbocycles. The summed E-state index contributed by atoms with van der Waals surface area (Å²) in [4.78, 5) is 10.6. The number of ether oxygens (including phenoxy) is 1. The van der Waals surface area contributed by atoms with Gasteiger partial charge in [-0.05, 0) is 74.3 Å². The number of carboxylic acid groups (broad SMARTS) is 1. The largest absolute Gasteiger partial charge is 0.488 e. The molecule has 0 saturated heterocycles. The Hall–Kier alpha value is -2.77. The zero-order valence-corrected chi connectivity index (χ0v) is 19.7. The first-order valence-electron chi connectivity index (χ1n) is 11.6. The maximum Gasteiger partial charge on any atom is 0.303 e. The Balaban J connectivity index is 1.47. The Morgan fingerprint density at radius 3 is 2.56 bits per heavy atom. The quantitative estimate of drug-likeness (QED) is 0.414. The summed E-state index contributed by atoms with van der Waals surface area (Å²) in [5.74, 6) is -2.87. The predicted molar refractivity (Wildman–Crippen MR) is 128 cm³/mol. The van der Waals surface area contributed by atoms with Gasteiger partial charge in [0.2, 0.25) is 5.82 Å². The lowest BCUT2D eigenvalue weighted by Crippen LogP contribution is -2.46. The van der Waals surface area contributed by atoms with Gasteiger partial charge in [0.15, 0.2) is 11.6 Å². The Bertz CT molecular complexity index is 997. The number of hydrogen-bond acceptors (Lipinski definition) is 4. The topological polar surface area (TPSA) is 78.8 Å². The summed E-state index contributed by atoms with van der Waals surface area (Å²) in [6, 6.07) is 10.8. The first kappa shape index (κ1) is 25.8. The normalized spacial score (nSPS) is 15.0. The summed E-state index contributed by atoms with van der Waals surface area (Å²) in [5.41, 5.74) is 2.96. The van der Waals surface area contributed by atoms with Crippen LogP contribution in [-0.4, -0.2) is 41.0 Å². The van der Waals surface area contributed by atoms with Crippen LogP contribution in [0.1, 0.15) is 49.8 Å². The highest BCUT2D eigenvalue weighted by Gasteiger charge is 2.28. The average molecular weight is 474 g/mol. The third kappa shape index (κ3) is 7.64. The summed E-state index contributed by atoms with van der Waals surface area (Å²) >= 11 is 0. The van der Waals surface area contributed by atoms with E-state index in [1.807, 2.05) is 0 Å². The van der Waals surface area contributed by atoms with E-state index in [-0.39, 0.29) is 37.3 Å². The number of β-amino-alcohol motifs (C(OH)–C–C–N with tert-alkyl or cyclic N) is 1. The summed E-state index contributed by atoms with van der Waals surface area (Å²) in [5, 5.41) is 22.4. The molecule has 5 nitrogen and oxygen atoms in total. The van der Waals surface area contributed by atoms with E-state index < -0.39 is 23.7 Å². The van der Waals surface area contributed by atoms with Gasteiger partial charge in [0, 0.05) is 18.5 Å². The number of halogens is 2. The van der Waals surface area contributed by atoms with E-state index in [2.05, 4.69) is 43.4 Å². The lowest BCUT2D eigenvalue weighted by Gasteiger charge is -2.30. The van der Waals surface area contributed by atoms with Gasteiger partial charge in [0.1, 0.15) is 12.7 Å². The lowest BCUT2D eigenvalue weighted by molar-refractivity contribution is -0.136. The molecule has 1 aliphatic rings. The van der Waals surface area contributed by atoms with Gasteiger partial charge in [-0.15, -0.1) is 0 Å².